The SMILES string of the molecule is c1cnc2c(c1)ncn2-c1ccc2c(c1)CCN2. The Hall–Kier alpha value is -2.36. The van der Waals surface area contributed by atoms with Crippen molar-refractivity contribution in [1.82, 2.24) is 14.5 Å². The fourth-order valence-electron chi connectivity index (χ4n) is 2.48. The third-order valence-electron chi connectivity index (χ3n) is 3.38. The number of rotatable bonds is 1. The molecule has 1 aliphatic heterocycles. The van der Waals surface area contributed by atoms with Gasteiger partial charge in [0.25, 0.3) is 0 Å². The van der Waals surface area contributed by atoms with Crippen LogP contribution >= 0.6 is 0 Å². The van der Waals surface area contributed by atoms with Crippen LogP contribution < -0.4 is 5.32 Å². The highest BCUT2D eigenvalue weighted by Gasteiger charge is 2.12. The average Bonchev–Trinajstić information content (AvgIpc) is 3.04. The molecule has 0 fully saturated rings. The second-order valence-corrected chi connectivity index (χ2v) is 4.48. The molecule has 0 radical (unpaired) electrons. The Morgan fingerprint density at radius 1 is 1.17 bits per heavy atom. The topological polar surface area (TPSA) is 42.7 Å². The molecule has 1 N–H and O–H groups in total. The van der Waals surface area contributed by atoms with E-state index in [-0.39, 0.29) is 0 Å². The van der Waals surface area contributed by atoms with E-state index in [1.54, 1.807) is 6.20 Å². The fourth-order valence-corrected chi connectivity index (χ4v) is 2.48. The van der Waals surface area contributed by atoms with Gasteiger partial charge >= 0.3 is 0 Å². The van der Waals surface area contributed by atoms with Gasteiger partial charge in [-0.1, -0.05) is 0 Å². The van der Waals surface area contributed by atoms with E-state index in [2.05, 4.69) is 33.5 Å². The number of aromatic nitrogens is 3. The quantitative estimate of drug-likeness (QED) is 0.705. The molecule has 18 heavy (non-hydrogen) atoms. The van der Waals surface area contributed by atoms with Crippen LogP contribution in [-0.4, -0.2) is 21.1 Å². The second-order valence-electron chi connectivity index (χ2n) is 4.48. The lowest BCUT2D eigenvalue weighted by Crippen LogP contribution is -1.94. The first kappa shape index (κ1) is 9.65. The first-order valence-corrected chi connectivity index (χ1v) is 6.07. The van der Waals surface area contributed by atoms with Crippen LogP contribution in [0.15, 0.2) is 42.9 Å². The summed E-state index contributed by atoms with van der Waals surface area (Å²) in [7, 11) is 0. The Balaban J connectivity index is 1.92. The van der Waals surface area contributed by atoms with Crippen LogP contribution in [0.2, 0.25) is 0 Å². The van der Waals surface area contributed by atoms with Gasteiger partial charge in [0, 0.05) is 24.1 Å². The summed E-state index contributed by atoms with van der Waals surface area (Å²) in [4.78, 5) is 8.77. The van der Waals surface area contributed by atoms with Crippen molar-refractivity contribution in [1.29, 1.82) is 0 Å². The van der Waals surface area contributed by atoms with Crippen molar-refractivity contribution in [2.45, 2.75) is 6.42 Å². The lowest BCUT2D eigenvalue weighted by Gasteiger charge is -2.06. The molecule has 0 unspecified atom stereocenters. The lowest BCUT2D eigenvalue weighted by molar-refractivity contribution is 1.05. The Morgan fingerprint density at radius 3 is 3.17 bits per heavy atom. The number of nitrogens with one attached hydrogen (secondary N) is 1. The molecule has 0 spiro atoms. The zero-order valence-electron chi connectivity index (χ0n) is 9.80. The van der Waals surface area contributed by atoms with Crippen molar-refractivity contribution in [3.8, 4) is 5.69 Å². The molecular weight excluding hydrogens is 224 g/mol. The molecule has 0 atom stereocenters. The maximum atomic E-state index is 4.40. The number of anilines is 1. The first-order valence-electron chi connectivity index (χ1n) is 6.07. The maximum Gasteiger partial charge on any atom is 0.164 e. The lowest BCUT2D eigenvalue weighted by atomic mass is 10.1. The number of fused-ring (bicyclic) bond motifs is 2. The van der Waals surface area contributed by atoms with E-state index in [1.807, 2.05) is 23.0 Å². The van der Waals surface area contributed by atoms with Gasteiger partial charge in [-0.2, -0.15) is 0 Å². The van der Waals surface area contributed by atoms with Crippen LogP contribution in [0.1, 0.15) is 5.56 Å². The number of imidazole rings is 1. The molecule has 3 heterocycles. The minimum atomic E-state index is 0.906. The number of pyridine rings is 1. The normalized spacial score (nSPS) is 13.6. The smallest absolute Gasteiger partial charge is 0.164 e. The van der Waals surface area contributed by atoms with E-state index in [4.69, 9.17) is 0 Å². The van der Waals surface area contributed by atoms with E-state index < -0.39 is 0 Å². The molecule has 88 valence electrons. The minimum absolute atomic E-state index is 0.906. The summed E-state index contributed by atoms with van der Waals surface area (Å²) in [6.07, 6.45) is 4.72. The molecule has 0 saturated heterocycles. The van der Waals surface area contributed by atoms with Crippen molar-refractivity contribution < 1.29 is 0 Å². The van der Waals surface area contributed by atoms with Crippen LogP contribution in [0.3, 0.4) is 0 Å². The van der Waals surface area contributed by atoms with Crippen LogP contribution in [0, 0.1) is 0 Å². The van der Waals surface area contributed by atoms with Gasteiger partial charge in [0.1, 0.15) is 11.8 Å². The molecule has 0 amide bonds. The predicted molar refractivity (Wildman–Crippen MR) is 71.1 cm³/mol. The molecule has 0 saturated carbocycles. The Morgan fingerprint density at radius 2 is 2.17 bits per heavy atom. The van der Waals surface area contributed by atoms with E-state index in [9.17, 15) is 0 Å². The van der Waals surface area contributed by atoms with Crippen LogP contribution in [-0.2, 0) is 6.42 Å². The predicted octanol–water partition coefficient (Wildman–Crippen LogP) is 2.39. The molecule has 4 nitrogen and oxygen atoms in total. The molecule has 4 heteroatoms. The fraction of sp³-hybridized carbons (Fsp3) is 0.143. The van der Waals surface area contributed by atoms with Gasteiger partial charge < -0.3 is 5.32 Å². The van der Waals surface area contributed by atoms with Gasteiger partial charge in [-0.05, 0) is 42.3 Å². The van der Waals surface area contributed by atoms with Crippen molar-refractivity contribution in [3.05, 3.63) is 48.4 Å². The standard InChI is InChI=1S/C14H12N4/c1-2-13-14(16-6-1)18(9-17-13)11-3-4-12-10(8-11)5-7-15-12/h1-4,6,8-9,15H,5,7H2. The molecule has 1 aromatic carbocycles. The van der Waals surface area contributed by atoms with E-state index in [0.29, 0.717) is 0 Å². The van der Waals surface area contributed by atoms with Gasteiger partial charge in [0.15, 0.2) is 5.65 Å². The van der Waals surface area contributed by atoms with Gasteiger partial charge in [-0.15, -0.1) is 0 Å². The third kappa shape index (κ3) is 1.32. The molecule has 4 rings (SSSR count). The molecule has 2 aromatic heterocycles. The average molecular weight is 236 g/mol. The Kier molecular flexibility index (Phi) is 1.91. The first-order chi connectivity index (χ1) is 8.92. The summed E-state index contributed by atoms with van der Waals surface area (Å²) in [6, 6.07) is 10.3. The highest BCUT2D eigenvalue weighted by atomic mass is 15.1. The van der Waals surface area contributed by atoms with Crippen LogP contribution in [0.5, 0.6) is 0 Å². The van der Waals surface area contributed by atoms with E-state index >= 15 is 0 Å². The molecule has 0 aliphatic carbocycles. The van der Waals surface area contributed by atoms with Crippen molar-refractivity contribution in [3.63, 3.8) is 0 Å². The summed E-state index contributed by atoms with van der Waals surface area (Å²) in [6.45, 7) is 1.03. The number of hydrogen-bond acceptors (Lipinski definition) is 3. The summed E-state index contributed by atoms with van der Waals surface area (Å²) in [5, 5.41) is 3.37. The van der Waals surface area contributed by atoms with Gasteiger partial charge in [0.05, 0.1) is 0 Å². The van der Waals surface area contributed by atoms with Crippen LogP contribution in [0.4, 0.5) is 5.69 Å². The molecule has 3 aromatic rings. The second kappa shape index (κ2) is 3.57. The molecular formula is C14H12N4. The minimum Gasteiger partial charge on any atom is -0.384 e. The Bertz CT molecular complexity index is 729. The zero-order chi connectivity index (χ0) is 11.9. The van der Waals surface area contributed by atoms with Gasteiger partial charge in [-0.3, -0.25) is 4.57 Å². The Labute approximate surface area is 104 Å². The maximum absolute atomic E-state index is 4.40. The van der Waals surface area contributed by atoms with E-state index in [1.165, 1.54) is 11.3 Å². The van der Waals surface area contributed by atoms with Gasteiger partial charge in [-0.25, -0.2) is 9.97 Å². The van der Waals surface area contributed by atoms with Crippen LogP contribution in [0.25, 0.3) is 16.9 Å². The number of hydrogen-bond donors (Lipinski definition) is 1. The molecule has 1 aliphatic rings. The largest absolute Gasteiger partial charge is 0.384 e. The number of nitrogens with zero attached hydrogens (tertiary/aromatic N) is 3. The van der Waals surface area contributed by atoms with Crippen molar-refractivity contribution >= 4 is 16.9 Å². The third-order valence-corrected chi connectivity index (χ3v) is 3.38. The highest BCUT2D eigenvalue weighted by molar-refractivity contribution is 5.73. The summed E-state index contributed by atoms with van der Waals surface area (Å²) >= 11 is 0. The van der Waals surface area contributed by atoms with Crippen molar-refractivity contribution in [2.75, 3.05) is 11.9 Å². The summed E-state index contributed by atoms with van der Waals surface area (Å²) < 4.78 is 2.04. The van der Waals surface area contributed by atoms with E-state index in [0.717, 1.165) is 29.8 Å². The van der Waals surface area contributed by atoms with Crippen molar-refractivity contribution in [2.24, 2.45) is 0 Å². The highest BCUT2D eigenvalue weighted by Crippen LogP contribution is 2.25. The summed E-state index contributed by atoms with van der Waals surface area (Å²) in [5.74, 6) is 0. The summed E-state index contributed by atoms with van der Waals surface area (Å²) in [5.41, 5.74) is 5.57. The monoisotopic (exact) mass is 236 g/mol. The number of benzene rings is 1. The molecule has 0 bridgehead atoms. The zero-order valence-corrected chi connectivity index (χ0v) is 9.80. The van der Waals surface area contributed by atoms with Gasteiger partial charge in [0.2, 0.25) is 0 Å².